The van der Waals surface area contributed by atoms with Crippen molar-refractivity contribution in [1.29, 1.82) is 0 Å². The molecule has 0 unspecified atom stereocenters. The summed E-state index contributed by atoms with van der Waals surface area (Å²) in [5.74, 6) is 0.704. The van der Waals surface area contributed by atoms with Gasteiger partial charge in [0.1, 0.15) is 0 Å². The maximum Gasteiger partial charge on any atom is 0.251 e. The van der Waals surface area contributed by atoms with Crippen LogP contribution in [0, 0.1) is 0 Å². The number of benzene rings is 3. The third kappa shape index (κ3) is 5.56. The highest BCUT2D eigenvalue weighted by molar-refractivity contribution is 7.98. The number of imidazole rings is 1. The largest absolute Gasteiger partial charge is 0.348 e. The van der Waals surface area contributed by atoms with Crippen molar-refractivity contribution < 1.29 is 4.79 Å². The second kappa shape index (κ2) is 10.8. The van der Waals surface area contributed by atoms with Crippen LogP contribution in [0.15, 0.2) is 102 Å². The van der Waals surface area contributed by atoms with Crippen LogP contribution in [-0.4, -0.2) is 20.4 Å². The van der Waals surface area contributed by atoms with Crippen LogP contribution in [0.2, 0.25) is 5.02 Å². The Kier molecular flexibility index (Phi) is 7.12. The van der Waals surface area contributed by atoms with E-state index >= 15 is 0 Å². The van der Waals surface area contributed by atoms with E-state index in [2.05, 4.69) is 39.1 Å². The van der Waals surface area contributed by atoms with Crippen molar-refractivity contribution in [2.24, 2.45) is 0 Å². The Hall–Kier alpha value is -3.61. The lowest BCUT2D eigenvalue weighted by atomic mass is 10.1. The van der Waals surface area contributed by atoms with Crippen LogP contribution in [0.25, 0.3) is 11.0 Å². The second-order valence-electron chi connectivity index (χ2n) is 8.09. The Bertz CT molecular complexity index is 1450. The monoisotopic (exact) mass is 498 g/mol. The molecule has 0 spiro atoms. The zero-order chi connectivity index (χ0) is 24.0. The minimum atomic E-state index is -0.132. The van der Waals surface area contributed by atoms with E-state index in [1.807, 2.05) is 66.9 Å². The molecule has 0 fully saturated rings. The van der Waals surface area contributed by atoms with E-state index < -0.39 is 0 Å². The van der Waals surface area contributed by atoms with Crippen LogP contribution in [0.4, 0.5) is 0 Å². The smallest absolute Gasteiger partial charge is 0.251 e. The average molecular weight is 499 g/mol. The molecule has 2 heterocycles. The number of nitrogens with zero attached hydrogens (tertiary/aromatic N) is 3. The number of rotatable bonds is 8. The number of amides is 1. The summed E-state index contributed by atoms with van der Waals surface area (Å²) < 4.78 is 2.18. The SMILES string of the molecule is O=C(NCc1ccccc1Cl)c1ccc(Cn2c(SCc3ccccc3)nc3ccncc32)cc1. The molecule has 174 valence electrons. The number of hydrogen-bond acceptors (Lipinski definition) is 4. The molecule has 0 saturated heterocycles. The lowest BCUT2D eigenvalue weighted by molar-refractivity contribution is 0.0951. The van der Waals surface area contributed by atoms with Gasteiger partial charge in [-0.3, -0.25) is 9.78 Å². The second-order valence-corrected chi connectivity index (χ2v) is 9.44. The fourth-order valence-electron chi connectivity index (χ4n) is 3.80. The Morgan fingerprint density at radius 1 is 0.914 bits per heavy atom. The van der Waals surface area contributed by atoms with Crippen molar-refractivity contribution in [2.45, 2.75) is 24.0 Å². The molecule has 0 atom stereocenters. The average Bonchev–Trinajstić information content (AvgIpc) is 3.25. The molecule has 35 heavy (non-hydrogen) atoms. The lowest BCUT2D eigenvalue weighted by Crippen LogP contribution is -2.22. The Balaban J connectivity index is 1.30. The summed E-state index contributed by atoms with van der Waals surface area (Å²) in [4.78, 5) is 21.8. The molecule has 5 rings (SSSR count). The number of aromatic nitrogens is 3. The summed E-state index contributed by atoms with van der Waals surface area (Å²) in [6.45, 7) is 1.02. The maximum absolute atomic E-state index is 12.6. The topological polar surface area (TPSA) is 59.8 Å². The number of fused-ring (bicyclic) bond motifs is 1. The predicted octanol–water partition coefficient (Wildman–Crippen LogP) is 6.36. The van der Waals surface area contributed by atoms with Gasteiger partial charge in [-0.25, -0.2) is 4.98 Å². The maximum atomic E-state index is 12.6. The third-order valence-corrected chi connectivity index (χ3v) is 7.10. The highest BCUT2D eigenvalue weighted by atomic mass is 35.5. The molecule has 5 aromatic rings. The van der Waals surface area contributed by atoms with Gasteiger partial charge >= 0.3 is 0 Å². The molecule has 0 aliphatic heterocycles. The van der Waals surface area contributed by atoms with Gasteiger partial charge in [-0.05, 0) is 41.0 Å². The van der Waals surface area contributed by atoms with E-state index in [9.17, 15) is 4.79 Å². The van der Waals surface area contributed by atoms with Crippen molar-refractivity contribution in [3.63, 3.8) is 0 Å². The summed E-state index contributed by atoms with van der Waals surface area (Å²) in [7, 11) is 0. The van der Waals surface area contributed by atoms with E-state index in [4.69, 9.17) is 16.6 Å². The fraction of sp³-hybridized carbons (Fsp3) is 0.107. The lowest BCUT2D eigenvalue weighted by Gasteiger charge is -2.10. The molecule has 0 aliphatic rings. The van der Waals surface area contributed by atoms with Gasteiger partial charge in [-0.1, -0.05) is 84.0 Å². The molecule has 5 nitrogen and oxygen atoms in total. The van der Waals surface area contributed by atoms with Gasteiger partial charge in [0.25, 0.3) is 5.91 Å². The van der Waals surface area contributed by atoms with Gasteiger partial charge in [-0.2, -0.15) is 0 Å². The first kappa shape index (κ1) is 23.1. The van der Waals surface area contributed by atoms with Crippen molar-refractivity contribution in [1.82, 2.24) is 19.9 Å². The van der Waals surface area contributed by atoms with Gasteiger partial charge in [0.05, 0.1) is 23.8 Å². The first-order chi connectivity index (χ1) is 17.2. The molecule has 0 aliphatic carbocycles. The Morgan fingerprint density at radius 3 is 2.49 bits per heavy atom. The van der Waals surface area contributed by atoms with Gasteiger partial charge < -0.3 is 9.88 Å². The van der Waals surface area contributed by atoms with Crippen LogP contribution < -0.4 is 5.32 Å². The number of nitrogens with one attached hydrogen (secondary N) is 1. The molecule has 0 saturated carbocycles. The van der Waals surface area contributed by atoms with E-state index in [-0.39, 0.29) is 5.91 Å². The molecule has 0 radical (unpaired) electrons. The van der Waals surface area contributed by atoms with Crippen molar-refractivity contribution in [3.05, 3.63) is 125 Å². The zero-order valence-electron chi connectivity index (χ0n) is 18.9. The van der Waals surface area contributed by atoms with Crippen LogP contribution >= 0.6 is 23.4 Å². The Labute approximate surface area is 213 Å². The van der Waals surface area contributed by atoms with E-state index in [0.717, 1.165) is 33.1 Å². The van der Waals surface area contributed by atoms with Crippen molar-refractivity contribution >= 4 is 40.3 Å². The first-order valence-electron chi connectivity index (χ1n) is 11.2. The molecule has 7 heteroatoms. The number of thioether (sulfide) groups is 1. The summed E-state index contributed by atoms with van der Waals surface area (Å²) in [5.41, 5.74) is 5.74. The molecule has 1 amide bonds. The number of carbonyl (C=O) groups is 1. The minimum Gasteiger partial charge on any atom is -0.348 e. The van der Waals surface area contributed by atoms with E-state index in [1.54, 1.807) is 18.0 Å². The quantitative estimate of drug-likeness (QED) is 0.253. The normalized spacial score (nSPS) is 11.0. The van der Waals surface area contributed by atoms with Gasteiger partial charge in [0.15, 0.2) is 5.16 Å². The summed E-state index contributed by atoms with van der Waals surface area (Å²) in [6, 6.07) is 27.5. The number of hydrogen-bond donors (Lipinski definition) is 1. The minimum absolute atomic E-state index is 0.132. The molecule has 1 N–H and O–H groups in total. The summed E-state index contributed by atoms with van der Waals surface area (Å²) >= 11 is 7.90. The molecule has 3 aromatic carbocycles. The van der Waals surface area contributed by atoms with Gasteiger partial charge in [0.2, 0.25) is 0 Å². The predicted molar refractivity (Wildman–Crippen MR) is 142 cm³/mol. The van der Waals surface area contributed by atoms with E-state index in [1.165, 1.54) is 5.56 Å². The van der Waals surface area contributed by atoms with Crippen LogP contribution in [0.3, 0.4) is 0 Å². The van der Waals surface area contributed by atoms with Crippen molar-refractivity contribution in [3.8, 4) is 0 Å². The van der Waals surface area contributed by atoms with E-state index in [0.29, 0.717) is 23.7 Å². The third-order valence-electron chi connectivity index (χ3n) is 5.68. The zero-order valence-corrected chi connectivity index (χ0v) is 20.5. The molecule has 2 aromatic heterocycles. The van der Waals surface area contributed by atoms with Gasteiger partial charge in [-0.15, -0.1) is 0 Å². The molecular formula is C28H23ClN4OS. The van der Waals surface area contributed by atoms with Crippen molar-refractivity contribution in [2.75, 3.05) is 0 Å². The van der Waals surface area contributed by atoms with Gasteiger partial charge in [0, 0.05) is 29.1 Å². The summed E-state index contributed by atoms with van der Waals surface area (Å²) in [5, 5.41) is 4.52. The first-order valence-corrected chi connectivity index (χ1v) is 12.6. The highest BCUT2D eigenvalue weighted by Crippen LogP contribution is 2.27. The van der Waals surface area contributed by atoms with Crippen LogP contribution in [0.5, 0.6) is 0 Å². The Morgan fingerprint density at radius 2 is 1.69 bits per heavy atom. The van der Waals surface area contributed by atoms with Crippen LogP contribution in [-0.2, 0) is 18.8 Å². The van der Waals surface area contributed by atoms with Crippen LogP contribution in [0.1, 0.15) is 27.0 Å². The number of halogens is 1. The highest BCUT2D eigenvalue weighted by Gasteiger charge is 2.13. The summed E-state index contributed by atoms with van der Waals surface area (Å²) in [6.07, 6.45) is 3.62. The number of pyridine rings is 1. The fourth-order valence-corrected chi connectivity index (χ4v) is 4.97. The molecular weight excluding hydrogens is 476 g/mol. The number of carbonyl (C=O) groups excluding carboxylic acids is 1. The standard InChI is InChI=1S/C28H23ClN4OS/c29-24-9-5-4-8-23(24)16-31-27(34)22-12-10-20(11-13-22)18-33-26-17-30-15-14-25(26)32-28(33)35-19-21-6-2-1-3-7-21/h1-15,17H,16,18-19H2,(H,31,34). The molecule has 0 bridgehead atoms.